The third-order valence-corrected chi connectivity index (χ3v) is 5.84. The number of rotatable bonds is 6. The third-order valence-electron chi connectivity index (χ3n) is 5.84. The number of aryl methyl sites for hydroxylation is 4. The van der Waals surface area contributed by atoms with Gasteiger partial charge in [-0.15, -0.1) is 0 Å². The molecule has 1 amide bonds. The second kappa shape index (κ2) is 9.43. The highest BCUT2D eigenvalue weighted by molar-refractivity contribution is 5.76. The van der Waals surface area contributed by atoms with Crippen LogP contribution in [0.1, 0.15) is 47.5 Å². The summed E-state index contributed by atoms with van der Waals surface area (Å²) in [5.41, 5.74) is 3.32. The SMILES string of the molecule is Cc1cc(C)n(CCC(=O)N2CCCN(Cc3ccccc3)C(c3n[nH]c(C)n3)C2)n1. The van der Waals surface area contributed by atoms with E-state index < -0.39 is 0 Å². The lowest BCUT2D eigenvalue weighted by Gasteiger charge is -2.30. The van der Waals surface area contributed by atoms with Crippen LogP contribution in [-0.2, 0) is 17.9 Å². The Labute approximate surface area is 183 Å². The molecule has 164 valence electrons. The standard InChI is InChI=1S/C23H31N7O/c1-17-14-18(2)30(27-17)13-10-22(31)29-12-7-11-28(15-20-8-5-4-6-9-20)21(16-29)23-24-19(3)25-26-23/h4-6,8-9,14,21H,7,10-13,15-16H2,1-3H3,(H,24,25,26). The summed E-state index contributed by atoms with van der Waals surface area (Å²) in [5, 5.41) is 11.9. The van der Waals surface area contributed by atoms with Crippen LogP contribution in [0.4, 0.5) is 0 Å². The minimum absolute atomic E-state index is 0.0368. The summed E-state index contributed by atoms with van der Waals surface area (Å²) in [6.45, 7) is 9.58. The van der Waals surface area contributed by atoms with Crippen molar-refractivity contribution < 1.29 is 4.79 Å². The largest absolute Gasteiger partial charge is 0.341 e. The van der Waals surface area contributed by atoms with E-state index in [4.69, 9.17) is 0 Å². The molecule has 0 saturated carbocycles. The Hall–Kier alpha value is -3.00. The molecule has 1 aliphatic heterocycles. The second-order valence-corrected chi connectivity index (χ2v) is 8.34. The fraction of sp³-hybridized carbons (Fsp3) is 0.478. The van der Waals surface area contributed by atoms with E-state index in [-0.39, 0.29) is 11.9 Å². The number of H-pyrrole nitrogens is 1. The Balaban J connectivity index is 1.49. The summed E-state index contributed by atoms with van der Waals surface area (Å²) in [7, 11) is 0. The zero-order chi connectivity index (χ0) is 21.8. The fourth-order valence-corrected chi connectivity index (χ4v) is 4.28. The first-order chi connectivity index (χ1) is 15.0. The van der Waals surface area contributed by atoms with Crippen LogP contribution in [0.25, 0.3) is 0 Å². The number of nitrogens with one attached hydrogen (secondary N) is 1. The monoisotopic (exact) mass is 421 g/mol. The average molecular weight is 422 g/mol. The summed E-state index contributed by atoms with van der Waals surface area (Å²) in [6.07, 6.45) is 1.37. The van der Waals surface area contributed by atoms with Crippen molar-refractivity contribution in [2.75, 3.05) is 19.6 Å². The van der Waals surface area contributed by atoms with Gasteiger partial charge in [-0.3, -0.25) is 19.5 Å². The summed E-state index contributed by atoms with van der Waals surface area (Å²) >= 11 is 0. The smallest absolute Gasteiger partial charge is 0.224 e. The van der Waals surface area contributed by atoms with Gasteiger partial charge in [0, 0.05) is 44.8 Å². The lowest BCUT2D eigenvalue weighted by atomic mass is 10.1. The molecule has 1 saturated heterocycles. The molecule has 1 atom stereocenters. The van der Waals surface area contributed by atoms with Gasteiger partial charge in [0.2, 0.25) is 5.91 Å². The Bertz CT molecular complexity index is 1010. The van der Waals surface area contributed by atoms with Crippen molar-refractivity contribution in [1.82, 2.24) is 34.8 Å². The molecule has 3 heterocycles. The van der Waals surface area contributed by atoms with Crippen LogP contribution in [0, 0.1) is 20.8 Å². The average Bonchev–Trinajstić information content (AvgIpc) is 3.25. The molecule has 8 nitrogen and oxygen atoms in total. The van der Waals surface area contributed by atoms with Crippen molar-refractivity contribution in [3.63, 3.8) is 0 Å². The molecule has 0 bridgehead atoms. The molecular weight excluding hydrogens is 390 g/mol. The lowest BCUT2D eigenvalue weighted by molar-refractivity contribution is -0.131. The highest BCUT2D eigenvalue weighted by Gasteiger charge is 2.31. The molecule has 1 unspecified atom stereocenters. The Morgan fingerprint density at radius 1 is 1.16 bits per heavy atom. The number of amides is 1. The molecule has 0 radical (unpaired) electrons. The zero-order valence-corrected chi connectivity index (χ0v) is 18.6. The molecule has 1 aliphatic rings. The van der Waals surface area contributed by atoms with E-state index in [2.05, 4.69) is 49.4 Å². The number of hydrogen-bond donors (Lipinski definition) is 1. The summed E-state index contributed by atoms with van der Waals surface area (Å²) in [6, 6.07) is 12.4. The highest BCUT2D eigenvalue weighted by atomic mass is 16.2. The van der Waals surface area contributed by atoms with Crippen LogP contribution in [0.5, 0.6) is 0 Å². The van der Waals surface area contributed by atoms with Crippen molar-refractivity contribution in [2.24, 2.45) is 0 Å². The quantitative estimate of drug-likeness (QED) is 0.662. The molecule has 1 aromatic carbocycles. The minimum atomic E-state index is -0.0368. The van der Waals surface area contributed by atoms with Crippen molar-refractivity contribution in [3.8, 4) is 0 Å². The number of benzene rings is 1. The van der Waals surface area contributed by atoms with E-state index in [0.717, 1.165) is 49.1 Å². The number of carbonyl (C=O) groups is 1. The molecular formula is C23H31N7O. The van der Waals surface area contributed by atoms with Gasteiger partial charge >= 0.3 is 0 Å². The van der Waals surface area contributed by atoms with Crippen LogP contribution < -0.4 is 0 Å². The third kappa shape index (κ3) is 5.19. The number of carbonyl (C=O) groups excluding carboxylic acids is 1. The number of aromatic nitrogens is 5. The van der Waals surface area contributed by atoms with Crippen molar-refractivity contribution in [2.45, 2.75) is 52.7 Å². The van der Waals surface area contributed by atoms with E-state index in [1.165, 1.54) is 5.56 Å². The summed E-state index contributed by atoms with van der Waals surface area (Å²) in [4.78, 5) is 22.1. The Kier molecular flexibility index (Phi) is 6.46. The predicted octanol–water partition coefficient (Wildman–Crippen LogP) is 2.79. The van der Waals surface area contributed by atoms with Crippen LogP contribution in [-0.4, -0.2) is 60.3 Å². The predicted molar refractivity (Wildman–Crippen MR) is 118 cm³/mol. The Morgan fingerprint density at radius 2 is 1.97 bits per heavy atom. The fourth-order valence-electron chi connectivity index (χ4n) is 4.28. The van der Waals surface area contributed by atoms with Gasteiger partial charge in [0.25, 0.3) is 0 Å². The van der Waals surface area contributed by atoms with Gasteiger partial charge in [-0.1, -0.05) is 30.3 Å². The molecule has 31 heavy (non-hydrogen) atoms. The molecule has 0 spiro atoms. The van der Waals surface area contributed by atoms with Crippen molar-refractivity contribution in [3.05, 3.63) is 65.0 Å². The van der Waals surface area contributed by atoms with Gasteiger partial charge in [-0.05, 0) is 38.8 Å². The van der Waals surface area contributed by atoms with E-state index >= 15 is 0 Å². The Morgan fingerprint density at radius 3 is 2.65 bits per heavy atom. The molecule has 1 fully saturated rings. The zero-order valence-electron chi connectivity index (χ0n) is 18.6. The van der Waals surface area contributed by atoms with Crippen LogP contribution in [0.3, 0.4) is 0 Å². The minimum Gasteiger partial charge on any atom is -0.341 e. The van der Waals surface area contributed by atoms with Crippen LogP contribution in [0.15, 0.2) is 36.4 Å². The molecule has 8 heteroatoms. The maximum atomic E-state index is 13.1. The summed E-state index contributed by atoms with van der Waals surface area (Å²) < 4.78 is 1.92. The van der Waals surface area contributed by atoms with Crippen molar-refractivity contribution >= 4 is 5.91 Å². The first-order valence-electron chi connectivity index (χ1n) is 11.0. The van der Waals surface area contributed by atoms with Crippen LogP contribution in [0.2, 0.25) is 0 Å². The molecule has 3 aromatic rings. The van der Waals surface area contributed by atoms with E-state index in [0.29, 0.717) is 19.5 Å². The first kappa shape index (κ1) is 21.2. The number of hydrogen-bond acceptors (Lipinski definition) is 5. The van der Waals surface area contributed by atoms with Gasteiger partial charge in [-0.25, -0.2) is 4.98 Å². The topological polar surface area (TPSA) is 82.9 Å². The van der Waals surface area contributed by atoms with Crippen LogP contribution >= 0.6 is 0 Å². The van der Waals surface area contributed by atoms with E-state index in [1.807, 2.05) is 42.5 Å². The maximum Gasteiger partial charge on any atom is 0.224 e. The van der Waals surface area contributed by atoms with Crippen molar-refractivity contribution in [1.29, 1.82) is 0 Å². The molecule has 4 rings (SSSR count). The molecule has 0 aliphatic carbocycles. The highest BCUT2D eigenvalue weighted by Crippen LogP contribution is 2.25. The van der Waals surface area contributed by atoms with E-state index in [1.54, 1.807) is 0 Å². The molecule has 1 N–H and O–H groups in total. The molecule has 2 aromatic heterocycles. The van der Waals surface area contributed by atoms with Gasteiger partial charge in [0.1, 0.15) is 5.82 Å². The first-order valence-corrected chi connectivity index (χ1v) is 11.0. The van der Waals surface area contributed by atoms with E-state index in [9.17, 15) is 4.79 Å². The lowest BCUT2D eigenvalue weighted by Crippen LogP contribution is -2.38. The number of aromatic amines is 1. The second-order valence-electron chi connectivity index (χ2n) is 8.34. The van der Waals surface area contributed by atoms with Gasteiger partial charge < -0.3 is 4.90 Å². The summed E-state index contributed by atoms with van der Waals surface area (Å²) in [5.74, 6) is 1.71. The van der Waals surface area contributed by atoms with Gasteiger partial charge in [0.05, 0.1) is 11.7 Å². The maximum absolute atomic E-state index is 13.1. The number of nitrogens with zero attached hydrogens (tertiary/aromatic N) is 6. The van der Waals surface area contributed by atoms with Gasteiger partial charge in [0.15, 0.2) is 5.82 Å². The normalized spacial score (nSPS) is 17.6. The van der Waals surface area contributed by atoms with Gasteiger partial charge in [-0.2, -0.15) is 10.2 Å².